The normalized spacial score (nSPS) is 24.4. The summed E-state index contributed by atoms with van der Waals surface area (Å²) in [4.78, 5) is 0. The maximum absolute atomic E-state index is 13.6. The van der Waals surface area contributed by atoms with Crippen LogP contribution in [0.5, 0.6) is 0 Å². The molecule has 1 aromatic carbocycles. The molecule has 0 amide bonds. The van der Waals surface area contributed by atoms with Gasteiger partial charge in [-0.05, 0) is 6.07 Å². The Hall–Kier alpha value is -1.75. The number of hydrogen-bond acceptors (Lipinski definition) is 2. The highest BCUT2D eigenvalue weighted by atomic mass is 19.3. The van der Waals surface area contributed by atoms with Gasteiger partial charge in [0, 0.05) is 25.6 Å². The Balaban J connectivity index is 2.04. The van der Waals surface area contributed by atoms with Crippen molar-refractivity contribution in [3.05, 3.63) is 42.1 Å². The minimum Gasteiger partial charge on any atom is -0.329 e. The topological polar surface area (TPSA) is 43.8 Å². The van der Waals surface area contributed by atoms with Crippen molar-refractivity contribution in [2.75, 3.05) is 6.54 Å². The molecule has 1 saturated carbocycles. The average Bonchev–Trinajstić information content (AvgIpc) is 2.77. The number of aryl methyl sites for hydroxylation is 1. The lowest BCUT2D eigenvalue weighted by Crippen LogP contribution is -2.29. The van der Waals surface area contributed by atoms with Gasteiger partial charge in [-0.1, -0.05) is 30.3 Å². The maximum Gasteiger partial charge on any atom is 0.261 e. The molecule has 1 fully saturated rings. The second-order valence-corrected chi connectivity index (χ2v) is 5.07. The van der Waals surface area contributed by atoms with E-state index in [1.165, 1.54) is 4.68 Å². The van der Waals surface area contributed by atoms with Crippen LogP contribution in [0.15, 0.2) is 36.4 Å². The van der Waals surface area contributed by atoms with E-state index in [0.717, 1.165) is 5.56 Å². The fourth-order valence-electron chi connectivity index (χ4n) is 2.60. The molecule has 0 aliphatic heterocycles. The van der Waals surface area contributed by atoms with Crippen molar-refractivity contribution in [3.8, 4) is 11.3 Å². The Labute approximate surface area is 110 Å². The number of alkyl halides is 2. The second-order valence-electron chi connectivity index (χ2n) is 5.07. The van der Waals surface area contributed by atoms with E-state index in [1.54, 1.807) is 13.1 Å². The summed E-state index contributed by atoms with van der Waals surface area (Å²) in [7, 11) is 1.69. The van der Waals surface area contributed by atoms with Crippen molar-refractivity contribution in [1.82, 2.24) is 9.78 Å². The lowest BCUT2D eigenvalue weighted by Gasteiger charge is -2.13. The summed E-state index contributed by atoms with van der Waals surface area (Å²) in [5.41, 5.74) is 6.47. The maximum atomic E-state index is 13.6. The number of nitrogens with two attached hydrogens (primary N) is 1. The van der Waals surface area contributed by atoms with Crippen molar-refractivity contribution in [3.63, 3.8) is 0 Å². The Bertz CT molecular complexity index is 606. The van der Waals surface area contributed by atoms with E-state index in [0.29, 0.717) is 11.4 Å². The van der Waals surface area contributed by atoms with Gasteiger partial charge in [0.2, 0.25) is 0 Å². The average molecular weight is 263 g/mol. The molecule has 0 saturated heterocycles. The SMILES string of the molecule is Cn1nc(-c2ccccc2)cc1C1(CN)CC1(F)F. The van der Waals surface area contributed by atoms with Gasteiger partial charge < -0.3 is 5.73 Å². The molecule has 1 aromatic heterocycles. The van der Waals surface area contributed by atoms with Gasteiger partial charge >= 0.3 is 0 Å². The Morgan fingerprint density at radius 2 is 1.95 bits per heavy atom. The largest absolute Gasteiger partial charge is 0.329 e. The van der Waals surface area contributed by atoms with Crippen LogP contribution in [0.4, 0.5) is 8.78 Å². The minimum absolute atomic E-state index is 0.0617. The molecule has 19 heavy (non-hydrogen) atoms. The number of rotatable bonds is 3. The van der Waals surface area contributed by atoms with Crippen molar-refractivity contribution in [2.45, 2.75) is 17.8 Å². The zero-order valence-corrected chi connectivity index (χ0v) is 10.6. The van der Waals surface area contributed by atoms with Gasteiger partial charge in [0.15, 0.2) is 0 Å². The number of nitrogens with zero attached hydrogens (tertiary/aromatic N) is 2. The molecular weight excluding hydrogens is 248 g/mol. The molecule has 3 rings (SSSR count). The van der Waals surface area contributed by atoms with Gasteiger partial charge in [-0.15, -0.1) is 0 Å². The summed E-state index contributed by atoms with van der Waals surface area (Å²) in [5, 5.41) is 4.33. The van der Waals surface area contributed by atoms with Crippen molar-refractivity contribution in [2.24, 2.45) is 12.8 Å². The fourth-order valence-corrected chi connectivity index (χ4v) is 2.60. The van der Waals surface area contributed by atoms with Crippen LogP contribution in [-0.4, -0.2) is 22.2 Å². The molecule has 1 aliphatic rings. The summed E-state index contributed by atoms with van der Waals surface area (Å²) in [6.07, 6.45) is -0.190. The Morgan fingerprint density at radius 1 is 1.32 bits per heavy atom. The monoisotopic (exact) mass is 263 g/mol. The van der Waals surface area contributed by atoms with Crippen LogP contribution < -0.4 is 5.73 Å². The fraction of sp³-hybridized carbons (Fsp3) is 0.357. The quantitative estimate of drug-likeness (QED) is 0.923. The first-order chi connectivity index (χ1) is 9.00. The molecule has 2 aromatic rings. The molecule has 2 N–H and O–H groups in total. The van der Waals surface area contributed by atoms with Crippen LogP contribution in [0.1, 0.15) is 12.1 Å². The third-order valence-electron chi connectivity index (χ3n) is 3.89. The van der Waals surface area contributed by atoms with Crippen molar-refractivity contribution < 1.29 is 8.78 Å². The van der Waals surface area contributed by atoms with Crippen molar-refractivity contribution >= 4 is 0 Å². The molecule has 0 spiro atoms. The van der Waals surface area contributed by atoms with Gasteiger partial charge in [0.25, 0.3) is 5.92 Å². The first kappa shape index (κ1) is 12.3. The first-order valence-corrected chi connectivity index (χ1v) is 6.18. The number of hydrogen-bond donors (Lipinski definition) is 1. The highest BCUT2D eigenvalue weighted by molar-refractivity contribution is 5.60. The predicted octanol–water partition coefficient (Wildman–Crippen LogP) is 2.32. The lowest BCUT2D eigenvalue weighted by molar-refractivity contribution is 0.0876. The Morgan fingerprint density at radius 3 is 2.47 bits per heavy atom. The van der Waals surface area contributed by atoms with Crippen LogP contribution >= 0.6 is 0 Å². The van der Waals surface area contributed by atoms with E-state index < -0.39 is 11.3 Å². The molecule has 1 heterocycles. The molecule has 0 radical (unpaired) electrons. The standard InChI is InChI=1S/C14H15F2N3/c1-19-12(13(9-17)8-14(13,15)16)7-11(18-19)10-5-3-2-4-6-10/h2-7H,8-9,17H2,1H3. The molecular formula is C14H15F2N3. The summed E-state index contributed by atoms with van der Waals surface area (Å²) >= 11 is 0. The smallest absolute Gasteiger partial charge is 0.261 e. The van der Waals surface area contributed by atoms with E-state index in [4.69, 9.17) is 5.73 Å². The second kappa shape index (κ2) is 3.87. The number of benzene rings is 1. The van der Waals surface area contributed by atoms with Crippen LogP contribution in [-0.2, 0) is 12.5 Å². The van der Waals surface area contributed by atoms with Crippen LogP contribution in [0.3, 0.4) is 0 Å². The van der Waals surface area contributed by atoms with Crippen LogP contribution in [0.25, 0.3) is 11.3 Å². The third-order valence-corrected chi connectivity index (χ3v) is 3.89. The molecule has 1 unspecified atom stereocenters. The van der Waals surface area contributed by atoms with Crippen molar-refractivity contribution in [1.29, 1.82) is 0 Å². The molecule has 1 aliphatic carbocycles. The summed E-state index contributed by atoms with van der Waals surface area (Å²) in [5.74, 6) is -2.72. The van der Waals surface area contributed by atoms with E-state index in [1.807, 2.05) is 30.3 Å². The minimum atomic E-state index is -2.72. The van der Waals surface area contributed by atoms with Gasteiger partial charge in [0.05, 0.1) is 16.8 Å². The van der Waals surface area contributed by atoms with Crippen LogP contribution in [0.2, 0.25) is 0 Å². The zero-order valence-electron chi connectivity index (χ0n) is 10.6. The summed E-state index contributed by atoms with van der Waals surface area (Å²) in [6.45, 7) is -0.0617. The zero-order chi connectivity index (χ0) is 13.7. The van der Waals surface area contributed by atoms with E-state index in [9.17, 15) is 8.78 Å². The Kier molecular flexibility index (Phi) is 2.50. The van der Waals surface area contributed by atoms with E-state index >= 15 is 0 Å². The molecule has 1 atom stereocenters. The third kappa shape index (κ3) is 1.69. The highest BCUT2D eigenvalue weighted by Crippen LogP contribution is 2.61. The van der Waals surface area contributed by atoms with Gasteiger partial charge in [-0.25, -0.2) is 8.78 Å². The van der Waals surface area contributed by atoms with E-state index in [-0.39, 0.29) is 13.0 Å². The number of halogens is 2. The summed E-state index contributed by atoms with van der Waals surface area (Å²) < 4.78 is 28.7. The first-order valence-electron chi connectivity index (χ1n) is 6.18. The predicted molar refractivity (Wildman–Crippen MR) is 68.9 cm³/mol. The van der Waals surface area contributed by atoms with E-state index in [2.05, 4.69) is 5.10 Å². The molecule has 100 valence electrons. The number of aromatic nitrogens is 2. The molecule has 3 nitrogen and oxygen atoms in total. The van der Waals surface area contributed by atoms with Gasteiger partial charge in [-0.2, -0.15) is 5.10 Å². The molecule has 5 heteroatoms. The van der Waals surface area contributed by atoms with Gasteiger partial charge in [-0.3, -0.25) is 4.68 Å². The van der Waals surface area contributed by atoms with Crippen LogP contribution in [0, 0.1) is 0 Å². The lowest BCUT2D eigenvalue weighted by atomic mass is 10.0. The molecule has 0 bridgehead atoms. The highest BCUT2D eigenvalue weighted by Gasteiger charge is 2.72. The summed E-state index contributed by atoms with van der Waals surface area (Å²) in [6, 6.07) is 11.2. The van der Waals surface area contributed by atoms with Gasteiger partial charge in [0.1, 0.15) is 0 Å².